The molecular weight excluding hydrogens is 290 g/mol. The second kappa shape index (κ2) is 8.51. The summed E-state index contributed by atoms with van der Waals surface area (Å²) in [6, 6.07) is 16.0. The summed E-state index contributed by atoms with van der Waals surface area (Å²) in [5, 5.41) is 8.50. The average molecular weight is 309 g/mol. The van der Waals surface area contributed by atoms with Gasteiger partial charge in [0.1, 0.15) is 0 Å². The molecule has 2 amide bonds. The number of benzene rings is 2. The molecule has 0 radical (unpaired) electrons. The normalized spacial score (nSPS) is 9.91. The van der Waals surface area contributed by atoms with Gasteiger partial charge in [-0.1, -0.05) is 30.3 Å². The van der Waals surface area contributed by atoms with E-state index in [-0.39, 0.29) is 18.4 Å². The van der Waals surface area contributed by atoms with E-state index in [0.717, 1.165) is 0 Å². The number of hydrogen-bond acceptors (Lipinski definition) is 3. The summed E-state index contributed by atoms with van der Waals surface area (Å²) in [5.41, 5.74) is 1.83. The van der Waals surface area contributed by atoms with Crippen LogP contribution in [0.2, 0.25) is 0 Å². The number of carbonyl (C=O) groups is 2. The zero-order valence-corrected chi connectivity index (χ0v) is 12.7. The average Bonchev–Trinajstić information content (AvgIpc) is 2.56. The molecule has 2 rings (SSSR count). The number of hydrogen-bond donors (Lipinski definition) is 3. The van der Waals surface area contributed by atoms with Gasteiger partial charge < -0.3 is 16.0 Å². The lowest BCUT2D eigenvalue weighted by Gasteiger charge is -2.09. The van der Waals surface area contributed by atoms with E-state index in [1.807, 2.05) is 18.2 Å². The van der Waals surface area contributed by atoms with Gasteiger partial charge in [-0.25, -0.2) is 0 Å². The highest BCUT2D eigenvalue weighted by atomic mass is 16.2. The van der Waals surface area contributed by atoms with Crippen LogP contribution >= 0.6 is 0 Å². The van der Waals surface area contributed by atoms with Crippen molar-refractivity contribution in [2.45, 2.75) is 0 Å². The molecule has 3 N–H and O–H groups in total. The summed E-state index contributed by atoms with van der Waals surface area (Å²) in [6.07, 6.45) is 1.69. The Morgan fingerprint density at radius 2 is 1.65 bits per heavy atom. The summed E-state index contributed by atoms with van der Waals surface area (Å²) >= 11 is 0. The van der Waals surface area contributed by atoms with Gasteiger partial charge in [0.05, 0.1) is 6.54 Å². The van der Waals surface area contributed by atoms with Crippen molar-refractivity contribution in [3.8, 4) is 0 Å². The number of amides is 2. The van der Waals surface area contributed by atoms with Gasteiger partial charge in [-0.2, -0.15) is 0 Å². The second-order valence-electron chi connectivity index (χ2n) is 4.87. The molecule has 0 heterocycles. The van der Waals surface area contributed by atoms with E-state index >= 15 is 0 Å². The molecule has 2 aromatic carbocycles. The van der Waals surface area contributed by atoms with E-state index < -0.39 is 0 Å². The zero-order chi connectivity index (χ0) is 16.5. The molecular formula is C18H19N3O2. The van der Waals surface area contributed by atoms with Gasteiger partial charge in [-0.15, -0.1) is 6.58 Å². The Balaban J connectivity index is 1.95. The summed E-state index contributed by atoms with van der Waals surface area (Å²) in [7, 11) is 0. The molecule has 0 bridgehead atoms. The Kier molecular flexibility index (Phi) is 6.08. The molecule has 5 heteroatoms. The van der Waals surface area contributed by atoms with Crippen LogP contribution in [0.15, 0.2) is 67.3 Å². The van der Waals surface area contributed by atoms with Crippen molar-refractivity contribution < 1.29 is 9.59 Å². The first-order chi connectivity index (χ1) is 11.2. The molecule has 0 unspecified atom stereocenters. The third-order valence-corrected chi connectivity index (χ3v) is 3.01. The predicted octanol–water partition coefficient (Wildman–Crippen LogP) is 2.65. The van der Waals surface area contributed by atoms with E-state index in [1.165, 1.54) is 0 Å². The molecule has 0 spiro atoms. The van der Waals surface area contributed by atoms with Gasteiger partial charge in [0.15, 0.2) is 0 Å². The Morgan fingerprint density at radius 1 is 0.957 bits per heavy atom. The van der Waals surface area contributed by atoms with Crippen LogP contribution in [0.3, 0.4) is 0 Å². The first kappa shape index (κ1) is 16.5. The maximum atomic E-state index is 12.1. The SMILES string of the molecule is C=CCNCC(=O)Nc1cccc(NC(=O)c2ccccc2)c1. The molecule has 0 aliphatic heterocycles. The summed E-state index contributed by atoms with van der Waals surface area (Å²) in [4.78, 5) is 23.9. The van der Waals surface area contributed by atoms with Crippen LogP contribution in [0.4, 0.5) is 11.4 Å². The minimum atomic E-state index is -0.193. The largest absolute Gasteiger partial charge is 0.325 e. The van der Waals surface area contributed by atoms with Crippen molar-refractivity contribution in [3.63, 3.8) is 0 Å². The molecule has 0 saturated carbocycles. The van der Waals surface area contributed by atoms with Crippen molar-refractivity contribution in [2.75, 3.05) is 23.7 Å². The quantitative estimate of drug-likeness (QED) is 0.544. The van der Waals surface area contributed by atoms with Gasteiger partial charge in [0.2, 0.25) is 5.91 Å². The van der Waals surface area contributed by atoms with Crippen LogP contribution in [0.1, 0.15) is 10.4 Å². The van der Waals surface area contributed by atoms with E-state index in [0.29, 0.717) is 23.5 Å². The monoisotopic (exact) mass is 309 g/mol. The third kappa shape index (κ3) is 5.41. The molecule has 0 aliphatic rings. The van der Waals surface area contributed by atoms with Gasteiger partial charge >= 0.3 is 0 Å². The van der Waals surface area contributed by atoms with Gasteiger partial charge in [-0.3, -0.25) is 9.59 Å². The Morgan fingerprint density at radius 3 is 2.35 bits per heavy atom. The van der Waals surface area contributed by atoms with Crippen LogP contribution in [0.25, 0.3) is 0 Å². The molecule has 0 saturated heterocycles. The van der Waals surface area contributed by atoms with E-state index in [1.54, 1.807) is 42.5 Å². The number of nitrogens with one attached hydrogen (secondary N) is 3. The Labute approximate surface area is 135 Å². The Hall–Kier alpha value is -2.92. The first-order valence-corrected chi connectivity index (χ1v) is 7.27. The van der Waals surface area contributed by atoms with Gasteiger partial charge in [-0.05, 0) is 30.3 Å². The fraction of sp³-hybridized carbons (Fsp3) is 0.111. The first-order valence-electron chi connectivity index (χ1n) is 7.27. The van der Waals surface area contributed by atoms with E-state index in [9.17, 15) is 9.59 Å². The highest BCUT2D eigenvalue weighted by Gasteiger charge is 2.06. The lowest BCUT2D eigenvalue weighted by atomic mass is 10.2. The standard InChI is InChI=1S/C18H19N3O2/c1-2-11-19-13-17(22)20-15-9-6-10-16(12-15)21-18(23)14-7-4-3-5-8-14/h2-10,12,19H,1,11,13H2,(H,20,22)(H,21,23). The van der Waals surface area contributed by atoms with Gasteiger partial charge in [0, 0.05) is 23.5 Å². The lowest BCUT2D eigenvalue weighted by Crippen LogP contribution is -2.28. The van der Waals surface area contributed by atoms with Crippen molar-refractivity contribution >= 4 is 23.2 Å². The maximum Gasteiger partial charge on any atom is 0.255 e. The van der Waals surface area contributed by atoms with Crippen molar-refractivity contribution in [3.05, 3.63) is 72.8 Å². The van der Waals surface area contributed by atoms with E-state index in [4.69, 9.17) is 0 Å². The molecule has 0 fully saturated rings. The molecule has 5 nitrogen and oxygen atoms in total. The predicted molar refractivity (Wildman–Crippen MR) is 92.5 cm³/mol. The Bertz CT molecular complexity index is 684. The van der Waals surface area contributed by atoms with Crippen LogP contribution < -0.4 is 16.0 Å². The molecule has 23 heavy (non-hydrogen) atoms. The van der Waals surface area contributed by atoms with Crippen LogP contribution in [-0.2, 0) is 4.79 Å². The smallest absolute Gasteiger partial charge is 0.255 e. The van der Waals surface area contributed by atoms with Crippen molar-refractivity contribution in [1.82, 2.24) is 5.32 Å². The molecule has 2 aromatic rings. The summed E-state index contributed by atoms with van der Waals surface area (Å²) in [5.74, 6) is -0.347. The van der Waals surface area contributed by atoms with Crippen LogP contribution in [0, 0.1) is 0 Å². The fourth-order valence-electron chi connectivity index (χ4n) is 1.96. The molecule has 0 atom stereocenters. The number of carbonyl (C=O) groups excluding carboxylic acids is 2. The molecule has 0 aromatic heterocycles. The van der Waals surface area contributed by atoms with Crippen LogP contribution in [-0.4, -0.2) is 24.9 Å². The number of rotatable bonds is 7. The highest BCUT2D eigenvalue weighted by molar-refractivity contribution is 6.04. The summed E-state index contributed by atoms with van der Waals surface area (Å²) < 4.78 is 0. The highest BCUT2D eigenvalue weighted by Crippen LogP contribution is 2.16. The minimum Gasteiger partial charge on any atom is -0.325 e. The lowest BCUT2D eigenvalue weighted by molar-refractivity contribution is -0.115. The van der Waals surface area contributed by atoms with Gasteiger partial charge in [0.25, 0.3) is 5.91 Å². The minimum absolute atomic E-state index is 0.154. The van der Waals surface area contributed by atoms with Crippen molar-refractivity contribution in [2.24, 2.45) is 0 Å². The maximum absolute atomic E-state index is 12.1. The number of anilines is 2. The third-order valence-electron chi connectivity index (χ3n) is 3.01. The van der Waals surface area contributed by atoms with Crippen LogP contribution in [0.5, 0.6) is 0 Å². The second-order valence-corrected chi connectivity index (χ2v) is 4.87. The molecule has 0 aliphatic carbocycles. The van der Waals surface area contributed by atoms with Crippen molar-refractivity contribution in [1.29, 1.82) is 0 Å². The molecule has 118 valence electrons. The fourth-order valence-corrected chi connectivity index (χ4v) is 1.96. The summed E-state index contributed by atoms with van der Waals surface area (Å²) in [6.45, 7) is 4.34. The van der Waals surface area contributed by atoms with E-state index in [2.05, 4.69) is 22.5 Å². The topological polar surface area (TPSA) is 70.2 Å². The zero-order valence-electron chi connectivity index (χ0n) is 12.7.